The Labute approximate surface area is 176 Å². The van der Waals surface area contributed by atoms with E-state index in [2.05, 4.69) is 0 Å². The molecule has 1 heterocycles. The van der Waals surface area contributed by atoms with Gasteiger partial charge in [0.1, 0.15) is 5.31 Å². The van der Waals surface area contributed by atoms with Gasteiger partial charge in [0.15, 0.2) is 11.1 Å². The summed E-state index contributed by atoms with van der Waals surface area (Å²) in [4.78, 5) is 13.9. The summed E-state index contributed by atoms with van der Waals surface area (Å²) < 4.78 is 36.6. The minimum absolute atomic E-state index is 0.136. The van der Waals surface area contributed by atoms with E-state index in [4.69, 9.17) is 29.7 Å². The standard InChI is InChI=1S/C20H23ClO6P2/c1-4-24-28(22,25-5-2)20-17-9-7-8-10-18(17)27-29(23,26-6-3)19(20)15-11-13-16(21)14-12-15/h7-14H,4-6H2,1-3H3. The van der Waals surface area contributed by atoms with Gasteiger partial charge in [0.2, 0.25) is 0 Å². The highest BCUT2D eigenvalue weighted by molar-refractivity contribution is 7.75. The first-order valence-electron chi connectivity index (χ1n) is 9.32. The summed E-state index contributed by atoms with van der Waals surface area (Å²) in [6.45, 7) is 5.60. The van der Waals surface area contributed by atoms with Crippen LogP contribution in [0.3, 0.4) is 0 Å². The van der Waals surface area contributed by atoms with E-state index in [9.17, 15) is 9.46 Å². The number of rotatable bonds is 8. The molecule has 0 saturated heterocycles. The van der Waals surface area contributed by atoms with E-state index >= 15 is 0 Å². The Morgan fingerprint density at radius 2 is 1.62 bits per heavy atom. The lowest BCUT2D eigenvalue weighted by Gasteiger charge is -2.36. The Kier molecular flexibility index (Phi) is 7.19. The van der Waals surface area contributed by atoms with Gasteiger partial charge in [-0.3, -0.25) is 4.57 Å². The Morgan fingerprint density at radius 1 is 1.00 bits per heavy atom. The van der Waals surface area contributed by atoms with E-state index < -0.39 is 15.5 Å². The van der Waals surface area contributed by atoms with Crippen molar-refractivity contribution in [3.63, 3.8) is 0 Å². The fraction of sp³-hybridized carbons (Fsp3) is 0.300. The lowest BCUT2D eigenvalue weighted by Crippen LogP contribution is -2.24. The third kappa shape index (κ3) is 4.45. The molecule has 2 aromatic carbocycles. The summed E-state index contributed by atoms with van der Waals surface area (Å²) in [5, 5.41) is 0.874. The number of fused-ring (bicyclic) bond motifs is 1. The first-order valence-corrected chi connectivity index (χ1v) is 12.8. The van der Waals surface area contributed by atoms with E-state index in [0.29, 0.717) is 21.9 Å². The zero-order chi connectivity index (χ0) is 21.1. The van der Waals surface area contributed by atoms with Crippen molar-refractivity contribution in [1.29, 1.82) is 0 Å². The lowest BCUT2D eigenvalue weighted by molar-refractivity contribution is -0.205. The van der Waals surface area contributed by atoms with Crippen molar-refractivity contribution in [3.8, 4) is 5.75 Å². The Balaban J connectivity index is 2.41. The van der Waals surface area contributed by atoms with Crippen molar-refractivity contribution in [3.05, 3.63) is 64.7 Å². The van der Waals surface area contributed by atoms with Crippen LogP contribution in [0.1, 0.15) is 31.9 Å². The van der Waals surface area contributed by atoms with Crippen LogP contribution < -0.4 is 9.42 Å². The van der Waals surface area contributed by atoms with Gasteiger partial charge in [0.25, 0.3) is 0 Å². The maximum Gasteiger partial charge on any atom is 0.366 e. The third-order valence-electron chi connectivity index (χ3n) is 4.15. The van der Waals surface area contributed by atoms with Gasteiger partial charge in [-0.2, -0.15) is 4.52 Å². The van der Waals surface area contributed by atoms with Crippen molar-refractivity contribution in [2.45, 2.75) is 20.8 Å². The number of halogens is 1. The molecule has 6 nitrogen and oxygen atoms in total. The minimum Gasteiger partial charge on any atom is -0.620 e. The SMILES string of the molecule is CCOP(=O)(OCC)C1=C(c2ccc(Cl)cc2)[P+]([O-])(OCC)Oc2ccccc21. The molecular weight excluding hydrogens is 434 g/mol. The van der Waals surface area contributed by atoms with E-state index in [1.807, 2.05) is 0 Å². The van der Waals surface area contributed by atoms with Crippen LogP contribution in [0.4, 0.5) is 0 Å². The summed E-state index contributed by atoms with van der Waals surface area (Å²) in [5.41, 5.74) is 1.00. The minimum atomic E-state index is -3.89. The van der Waals surface area contributed by atoms with Gasteiger partial charge in [-0.1, -0.05) is 23.7 Å². The van der Waals surface area contributed by atoms with Crippen LogP contribution in [0.5, 0.6) is 5.75 Å². The summed E-state index contributed by atoms with van der Waals surface area (Å²) >= 11 is 6.04. The molecule has 3 rings (SSSR count). The van der Waals surface area contributed by atoms with Crippen LogP contribution in [0.15, 0.2) is 48.5 Å². The molecule has 2 aromatic rings. The molecule has 0 N–H and O–H groups in total. The van der Waals surface area contributed by atoms with Crippen LogP contribution in [0.2, 0.25) is 5.02 Å². The molecular formula is C20H23ClO6P2. The molecule has 29 heavy (non-hydrogen) atoms. The third-order valence-corrected chi connectivity index (χ3v) is 8.85. The van der Waals surface area contributed by atoms with Crippen molar-refractivity contribution in [2.24, 2.45) is 0 Å². The highest BCUT2D eigenvalue weighted by Crippen LogP contribution is 2.76. The monoisotopic (exact) mass is 456 g/mol. The largest absolute Gasteiger partial charge is 0.620 e. The number of para-hydroxylation sites is 1. The van der Waals surface area contributed by atoms with Crippen molar-refractivity contribution >= 4 is 37.8 Å². The Morgan fingerprint density at radius 3 is 2.21 bits per heavy atom. The summed E-state index contributed by atoms with van der Waals surface area (Å²) in [6, 6.07) is 13.6. The average Bonchev–Trinajstić information content (AvgIpc) is 2.68. The van der Waals surface area contributed by atoms with Crippen molar-refractivity contribution < 1.29 is 27.6 Å². The molecule has 0 fully saturated rings. The maximum atomic E-state index is 13.9. The van der Waals surface area contributed by atoms with E-state index in [0.717, 1.165) is 0 Å². The summed E-state index contributed by atoms with van der Waals surface area (Å²) in [7, 11) is -7.74. The molecule has 1 unspecified atom stereocenters. The van der Waals surface area contributed by atoms with Gasteiger partial charge >= 0.3 is 15.5 Å². The Bertz CT molecular complexity index is 936. The van der Waals surface area contributed by atoms with Crippen LogP contribution in [-0.4, -0.2) is 19.8 Å². The van der Waals surface area contributed by atoms with Crippen molar-refractivity contribution in [1.82, 2.24) is 0 Å². The zero-order valence-corrected chi connectivity index (χ0v) is 19.0. The quantitative estimate of drug-likeness (QED) is 0.454. The van der Waals surface area contributed by atoms with Crippen molar-refractivity contribution in [2.75, 3.05) is 19.8 Å². The van der Waals surface area contributed by atoms with Crippen LogP contribution in [0.25, 0.3) is 10.6 Å². The normalized spacial score (nSPS) is 19.1. The highest BCUT2D eigenvalue weighted by atomic mass is 35.5. The van der Waals surface area contributed by atoms with E-state index in [1.54, 1.807) is 69.3 Å². The molecule has 1 atom stereocenters. The van der Waals surface area contributed by atoms with Crippen LogP contribution >= 0.6 is 27.1 Å². The molecule has 0 spiro atoms. The fourth-order valence-corrected chi connectivity index (χ4v) is 7.74. The number of hydrogen-bond acceptors (Lipinski definition) is 6. The van der Waals surface area contributed by atoms with E-state index in [-0.39, 0.29) is 30.4 Å². The Hall–Kier alpha value is -1.23. The smallest absolute Gasteiger partial charge is 0.366 e. The van der Waals surface area contributed by atoms with Gasteiger partial charge < -0.3 is 18.5 Å². The van der Waals surface area contributed by atoms with Gasteiger partial charge in [-0.15, -0.1) is 0 Å². The highest BCUT2D eigenvalue weighted by Gasteiger charge is 2.52. The molecule has 9 heteroatoms. The molecule has 0 bridgehead atoms. The lowest BCUT2D eigenvalue weighted by atomic mass is 10.1. The predicted octanol–water partition coefficient (Wildman–Crippen LogP) is 5.98. The molecule has 0 amide bonds. The van der Waals surface area contributed by atoms with Gasteiger partial charge in [0, 0.05) is 16.1 Å². The topological polar surface area (TPSA) is 77.1 Å². The average molecular weight is 457 g/mol. The van der Waals surface area contributed by atoms with Gasteiger partial charge in [-0.25, -0.2) is 0 Å². The molecule has 0 aromatic heterocycles. The first kappa shape index (κ1) is 22.5. The molecule has 0 aliphatic carbocycles. The molecule has 0 saturated carbocycles. The molecule has 0 radical (unpaired) electrons. The zero-order valence-electron chi connectivity index (χ0n) is 16.5. The van der Waals surface area contributed by atoms with Gasteiger partial charge in [-0.05, 0) is 57.2 Å². The summed E-state index contributed by atoms with van der Waals surface area (Å²) in [6.07, 6.45) is 0. The molecule has 1 aliphatic rings. The number of hydrogen-bond donors (Lipinski definition) is 0. The second kappa shape index (κ2) is 9.28. The van der Waals surface area contributed by atoms with Gasteiger partial charge in [0.05, 0.1) is 19.8 Å². The molecule has 1 aliphatic heterocycles. The predicted molar refractivity (Wildman–Crippen MR) is 115 cm³/mol. The first-order chi connectivity index (χ1) is 13.9. The van der Waals surface area contributed by atoms with Crippen LogP contribution in [0, 0.1) is 0 Å². The maximum absolute atomic E-state index is 13.9. The second-order valence-corrected chi connectivity index (χ2v) is 10.3. The van der Waals surface area contributed by atoms with E-state index in [1.165, 1.54) is 0 Å². The second-order valence-electron chi connectivity index (χ2n) is 6.04. The summed E-state index contributed by atoms with van der Waals surface area (Å²) in [5.74, 6) is 0.302. The number of benzene rings is 2. The molecule has 156 valence electrons. The fourth-order valence-electron chi connectivity index (χ4n) is 3.12. The van der Waals surface area contributed by atoms with Crippen LogP contribution in [-0.2, 0) is 18.1 Å².